The number of nitrogens with zero attached hydrogens (tertiary/aromatic N) is 5. The van der Waals surface area contributed by atoms with Crippen molar-refractivity contribution in [3.63, 3.8) is 0 Å². The number of thiazole rings is 1. The summed E-state index contributed by atoms with van der Waals surface area (Å²) in [6.07, 6.45) is 1.23. The highest BCUT2D eigenvalue weighted by atomic mass is 32.1. The van der Waals surface area contributed by atoms with Crippen LogP contribution in [0.3, 0.4) is 0 Å². The molecule has 142 valence electrons. The number of aromatic nitrogens is 3. The van der Waals surface area contributed by atoms with Gasteiger partial charge in [0, 0.05) is 19.3 Å². The lowest BCUT2D eigenvalue weighted by Gasteiger charge is -2.17. The van der Waals surface area contributed by atoms with E-state index in [9.17, 15) is 19.6 Å². The third-order valence-electron chi connectivity index (χ3n) is 4.87. The lowest BCUT2D eigenvalue weighted by atomic mass is 10.2. The molecule has 0 saturated carbocycles. The van der Waals surface area contributed by atoms with E-state index in [0.717, 1.165) is 19.8 Å². The van der Waals surface area contributed by atoms with Crippen molar-refractivity contribution >= 4 is 27.5 Å². The highest BCUT2D eigenvalue weighted by molar-refractivity contribution is 7.18. The molecule has 28 heavy (non-hydrogen) atoms. The van der Waals surface area contributed by atoms with Crippen LogP contribution in [-0.4, -0.2) is 32.0 Å². The summed E-state index contributed by atoms with van der Waals surface area (Å²) in [4.78, 5) is 43.8. The predicted molar refractivity (Wildman–Crippen MR) is 104 cm³/mol. The van der Waals surface area contributed by atoms with Crippen LogP contribution in [0.2, 0.25) is 0 Å². The molecule has 1 amide bonds. The number of nitriles is 1. The molecule has 0 saturated heterocycles. The van der Waals surface area contributed by atoms with E-state index in [-0.39, 0.29) is 18.0 Å². The number of hydrogen-bond acceptors (Lipinski definition) is 6. The summed E-state index contributed by atoms with van der Waals surface area (Å²) in [7, 11) is 1.61. The monoisotopic (exact) mass is 395 g/mol. The zero-order chi connectivity index (χ0) is 19.8. The molecular weight excluding hydrogens is 378 g/mol. The molecule has 1 aliphatic rings. The largest absolute Gasteiger partial charge is 0.337 e. The Morgan fingerprint density at radius 3 is 2.89 bits per heavy atom. The van der Waals surface area contributed by atoms with Crippen LogP contribution in [0.15, 0.2) is 33.9 Å². The fraction of sp³-hybridized carbons (Fsp3) is 0.316. The van der Waals surface area contributed by atoms with Gasteiger partial charge < -0.3 is 4.90 Å². The van der Waals surface area contributed by atoms with Crippen LogP contribution < -0.4 is 11.2 Å². The number of rotatable bonds is 4. The summed E-state index contributed by atoms with van der Waals surface area (Å²) in [6.45, 7) is 0.344. The number of hydrogen-bond donors (Lipinski definition) is 0. The molecule has 0 fully saturated rings. The molecule has 2 aromatic heterocycles. The van der Waals surface area contributed by atoms with Crippen LogP contribution >= 0.6 is 11.3 Å². The minimum absolute atomic E-state index is 0.0428. The summed E-state index contributed by atoms with van der Waals surface area (Å²) < 4.78 is 3.33. The van der Waals surface area contributed by atoms with E-state index >= 15 is 0 Å². The number of carbonyl (C=O) groups is 1. The van der Waals surface area contributed by atoms with Crippen molar-refractivity contribution in [2.45, 2.75) is 32.5 Å². The Hall–Kier alpha value is -3.25. The molecule has 0 radical (unpaired) electrons. The Kier molecular flexibility index (Phi) is 4.57. The van der Waals surface area contributed by atoms with E-state index in [4.69, 9.17) is 0 Å². The number of fused-ring (bicyclic) bond motifs is 2. The molecule has 1 aliphatic heterocycles. The van der Waals surface area contributed by atoms with Gasteiger partial charge in [-0.25, -0.2) is 14.3 Å². The Morgan fingerprint density at radius 2 is 2.14 bits per heavy atom. The topological polar surface area (TPSA) is 101 Å². The maximum Gasteiger partial charge on any atom is 0.331 e. The molecule has 0 aliphatic carbocycles. The summed E-state index contributed by atoms with van der Waals surface area (Å²) in [5.74, 6) is -0.388. The lowest BCUT2D eigenvalue weighted by molar-refractivity contribution is -0.131. The van der Waals surface area contributed by atoms with Crippen molar-refractivity contribution in [2.24, 2.45) is 0 Å². The van der Waals surface area contributed by atoms with Crippen LogP contribution in [-0.2, 0) is 30.8 Å². The van der Waals surface area contributed by atoms with Gasteiger partial charge in [-0.3, -0.25) is 14.2 Å². The van der Waals surface area contributed by atoms with Gasteiger partial charge >= 0.3 is 5.69 Å². The molecule has 0 bridgehead atoms. The Bertz CT molecular complexity index is 1210. The smallest absolute Gasteiger partial charge is 0.331 e. The van der Waals surface area contributed by atoms with E-state index in [1.54, 1.807) is 7.05 Å². The van der Waals surface area contributed by atoms with Crippen molar-refractivity contribution in [1.29, 1.82) is 5.26 Å². The summed E-state index contributed by atoms with van der Waals surface area (Å²) in [5.41, 5.74) is 0.0819. The van der Waals surface area contributed by atoms with E-state index in [1.165, 1.54) is 20.8 Å². The van der Waals surface area contributed by atoms with Crippen LogP contribution in [0.5, 0.6) is 0 Å². The molecule has 0 unspecified atom stereocenters. The fourth-order valence-corrected chi connectivity index (χ4v) is 4.44. The number of para-hydroxylation sites is 1. The number of carbonyl (C=O) groups excluding carboxylic acids is 1. The van der Waals surface area contributed by atoms with Gasteiger partial charge in [0.05, 0.1) is 16.8 Å². The van der Waals surface area contributed by atoms with E-state index in [1.807, 2.05) is 30.3 Å². The Morgan fingerprint density at radius 1 is 1.36 bits per heavy atom. The molecule has 1 aromatic carbocycles. The quantitative estimate of drug-likeness (QED) is 0.658. The predicted octanol–water partition coefficient (Wildman–Crippen LogP) is 1.10. The van der Waals surface area contributed by atoms with Gasteiger partial charge in [-0.2, -0.15) is 5.26 Å². The molecule has 0 spiro atoms. The number of benzene rings is 1. The van der Waals surface area contributed by atoms with Crippen molar-refractivity contribution < 1.29 is 4.79 Å². The second kappa shape index (κ2) is 7.05. The summed E-state index contributed by atoms with van der Waals surface area (Å²) in [6, 6.07) is 9.60. The van der Waals surface area contributed by atoms with E-state index in [0.29, 0.717) is 25.1 Å². The molecule has 4 rings (SSSR count). The van der Waals surface area contributed by atoms with E-state index < -0.39 is 17.8 Å². The second-order valence-electron chi connectivity index (χ2n) is 6.69. The molecule has 0 atom stereocenters. The lowest BCUT2D eigenvalue weighted by Crippen LogP contribution is -2.45. The third-order valence-corrected chi connectivity index (χ3v) is 5.89. The molecule has 3 aromatic rings. The Balaban J connectivity index is 1.59. The van der Waals surface area contributed by atoms with Crippen molar-refractivity contribution in [3.05, 3.63) is 61.4 Å². The van der Waals surface area contributed by atoms with Gasteiger partial charge in [-0.15, -0.1) is 11.3 Å². The average molecular weight is 395 g/mol. The van der Waals surface area contributed by atoms with Gasteiger partial charge in [0.1, 0.15) is 23.2 Å². The SMILES string of the molecule is CN(Cc1nc2ccccc2s1)C(=O)Cn1c(=O)c(C#N)c2n(c1=O)CCC2. The van der Waals surface area contributed by atoms with Crippen LogP contribution in [0.1, 0.15) is 22.7 Å². The average Bonchev–Trinajstić information content (AvgIpc) is 3.31. The summed E-state index contributed by atoms with van der Waals surface area (Å²) >= 11 is 1.50. The molecular formula is C19H17N5O3S. The van der Waals surface area contributed by atoms with Gasteiger partial charge in [0.2, 0.25) is 5.91 Å². The van der Waals surface area contributed by atoms with Crippen LogP contribution in [0.25, 0.3) is 10.2 Å². The van der Waals surface area contributed by atoms with Gasteiger partial charge in [-0.1, -0.05) is 12.1 Å². The normalized spacial score (nSPS) is 12.7. The van der Waals surface area contributed by atoms with Gasteiger partial charge in [0.15, 0.2) is 0 Å². The second-order valence-corrected chi connectivity index (χ2v) is 7.80. The maximum absolute atomic E-state index is 12.6. The molecule has 3 heterocycles. The minimum atomic E-state index is -0.692. The fourth-order valence-electron chi connectivity index (χ4n) is 3.42. The first-order valence-electron chi connectivity index (χ1n) is 8.84. The maximum atomic E-state index is 12.6. The first kappa shape index (κ1) is 18.1. The van der Waals surface area contributed by atoms with Crippen LogP contribution in [0, 0.1) is 11.3 Å². The van der Waals surface area contributed by atoms with E-state index in [2.05, 4.69) is 4.98 Å². The zero-order valence-electron chi connectivity index (χ0n) is 15.2. The highest BCUT2D eigenvalue weighted by Crippen LogP contribution is 2.22. The Labute approximate surface area is 163 Å². The highest BCUT2D eigenvalue weighted by Gasteiger charge is 2.24. The van der Waals surface area contributed by atoms with Gasteiger partial charge in [0.25, 0.3) is 5.56 Å². The minimum Gasteiger partial charge on any atom is -0.337 e. The van der Waals surface area contributed by atoms with Gasteiger partial charge in [-0.05, 0) is 25.0 Å². The molecule has 9 heteroatoms. The summed E-state index contributed by atoms with van der Waals surface area (Å²) in [5, 5.41) is 10.1. The molecule has 8 nitrogen and oxygen atoms in total. The van der Waals surface area contributed by atoms with Crippen molar-refractivity contribution in [2.75, 3.05) is 7.05 Å². The van der Waals surface area contributed by atoms with Crippen molar-refractivity contribution in [3.8, 4) is 6.07 Å². The van der Waals surface area contributed by atoms with Crippen LogP contribution in [0.4, 0.5) is 0 Å². The first-order chi connectivity index (χ1) is 13.5. The van der Waals surface area contributed by atoms with Crippen molar-refractivity contribution in [1.82, 2.24) is 19.0 Å². The molecule has 0 N–H and O–H groups in total. The zero-order valence-corrected chi connectivity index (χ0v) is 16.0. The first-order valence-corrected chi connectivity index (χ1v) is 9.66. The third kappa shape index (κ3) is 3.01. The number of amides is 1. The standard InChI is InChI=1S/C19H17N5O3S/c1-22(10-16-21-13-5-2-3-7-15(13)28-16)17(25)11-24-18(26)12(9-20)14-6-4-8-23(14)19(24)27/h2-3,5,7H,4,6,8,10-11H2,1H3. The number of likely N-dealkylation sites (N-methyl/N-ethyl adjacent to an activating group) is 1.